The molecule has 0 fully saturated rings. The molecule has 322 valence electrons. The molecular formula is C60H42N8. The highest BCUT2D eigenvalue weighted by atomic mass is 15.0. The van der Waals surface area contributed by atoms with Gasteiger partial charge < -0.3 is 0 Å². The van der Waals surface area contributed by atoms with Crippen LogP contribution in [0.5, 0.6) is 0 Å². The van der Waals surface area contributed by atoms with E-state index in [0.717, 1.165) is 89.3 Å². The molecule has 0 aliphatic rings. The molecule has 0 N–H and O–H groups in total. The molecule has 0 spiro atoms. The summed E-state index contributed by atoms with van der Waals surface area (Å²) in [6, 6.07) is 70.1. The van der Waals surface area contributed by atoms with E-state index in [2.05, 4.69) is 103 Å². The predicted octanol–water partition coefficient (Wildman–Crippen LogP) is 14.1. The van der Waals surface area contributed by atoms with Crippen LogP contribution in [0, 0.1) is 13.8 Å². The zero-order valence-electron chi connectivity index (χ0n) is 37.4. The maximum atomic E-state index is 5.16. The molecule has 0 aliphatic carbocycles. The van der Waals surface area contributed by atoms with Gasteiger partial charge in [0.05, 0.1) is 0 Å². The van der Waals surface area contributed by atoms with E-state index in [4.69, 9.17) is 34.9 Å². The monoisotopic (exact) mass is 874 g/mol. The van der Waals surface area contributed by atoms with Crippen LogP contribution in [0.1, 0.15) is 11.4 Å². The molecule has 0 bridgehead atoms. The summed E-state index contributed by atoms with van der Waals surface area (Å²) in [5.41, 5.74) is 15.4. The fourth-order valence-corrected chi connectivity index (χ4v) is 8.55. The van der Waals surface area contributed by atoms with Crippen molar-refractivity contribution in [2.24, 2.45) is 0 Å². The largest absolute Gasteiger partial charge is 0.264 e. The van der Waals surface area contributed by atoms with Gasteiger partial charge >= 0.3 is 0 Å². The van der Waals surface area contributed by atoms with Crippen LogP contribution in [0.25, 0.3) is 113 Å². The Morgan fingerprint density at radius 3 is 1.19 bits per heavy atom. The molecule has 0 aliphatic heterocycles. The molecule has 7 aromatic carbocycles. The van der Waals surface area contributed by atoms with Crippen molar-refractivity contribution < 1.29 is 0 Å². The van der Waals surface area contributed by atoms with Crippen LogP contribution in [-0.4, -0.2) is 39.9 Å². The van der Waals surface area contributed by atoms with Crippen LogP contribution in [-0.2, 0) is 0 Å². The molecule has 4 aromatic heterocycles. The average Bonchev–Trinajstić information content (AvgIpc) is 3.41. The quantitative estimate of drug-likeness (QED) is 0.134. The van der Waals surface area contributed by atoms with Crippen LogP contribution < -0.4 is 0 Å². The van der Waals surface area contributed by atoms with Gasteiger partial charge in [0.25, 0.3) is 0 Å². The molecule has 0 saturated heterocycles. The van der Waals surface area contributed by atoms with Gasteiger partial charge in [0, 0.05) is 68.3 Å². The van der Waals surface area contributed by atoms with E-state index in [1.54, 1.807) is 6.20 Å². The van der Waals surface area contributed by atoms with Crippen LogP contribution in [0.2, 0.25) is 0 Å². The van der Waals surface area contributed by atoms with Crippen molar-refractivity contribution >= 4 is 0 Å². The van der Waals surface area contributed by atoms with Gasteiger partial charge in [-0.3, -0.25) is 9.97 Å². The summed E-state index contributed by atoms with van der Waals surface area (Å²) in [5, 5.41) is 0. The number of benzene rings is 7. The van der Waals surface area contributed by atoms with Crippen LogP contribution in [0.3, 0.4) is 0 Å². The lowest BCUT2D eigenvalue weighted by Gasteiger charge is -2.18. The summed E-state index contributed by atoms with van der Waals surface area (Å²) in [4.78, 5) is 39.8. The van der Waals surface area contributed by atoms with E-state index in [9.17, 15) is 0 Å². The van der Waals surface area contributed by atoms with Crippen molar-refractivity contribution in [3.05, 3.63) is 230 Å². The highest BCUT2D eigenvalue weighted by Gasteiger charge is 2.20. The van der Waals surface area contributed by atoms with Gasteiger partial charge in [-0.1, -0.05) is 176 Å². The third-order valence-corrected chi connectivity index (χ3v) is 11.9. The Kier molecular flexibility index (Phi) is 11.2. The standard InChI is InChI=1S/C60H42N8/c1-39-30-32-50(40(2)62-39)52-33-31-46(37-54(52)51-28-12-13-29-53(51)60-67-56(42-19-8-4-9-20-42)63-57(68-60)43-21-10-5-11-22-43)44-23-14-25-47(35-44)58-64-55(41-17-6-3-7-18-41)65-59(66-58)48-26-15-24-45(36-48)49-27-16-34-61-38-49/h3-38H,1-2H3. The van der Waals surface area contributed by atoms with Crippen molar-refractivity contribution in [1.82, 2.24) is 39.9 Å². The van der Waals surface area contributed by atoms with Gasteiger partial charge in [-0.15, -0.1) is 0 Å². The Labute approximate surface area is 394 Å². The van der Waals surface area contributed by atoms with Gasteiger partial charge in [0.2, 0.25) is 0 Å². The second kappa shape index (κ2) is 18.4. The molecule has 11 aromatic rings. The molecule has 0 unspecified atom stereocenters. The average molecular weight is 875 g/mol. The van der Waals surface area contributed by atoms with Crippen LogP contribution >= 0.6 is 0 Å². The molecule has 8 heteroatoms. The topological polar surface area (TPSA) is 103 Å². The Morgan fingerprint density at radius 2 is 0.662 bits per heavy atom. The van der Waals surface area contributed by atoms with E-state index in [-0.39, 0.29) is 0 Å². The number of aryl methyl sites for hydroxylation is 2. The molecule has 0 saturated carbocycles. The van der Waals surface area contributed by atoms with E-state index < -0.39 is 0 Å². The number of hydrogen-bond acceptors (Lipinski definition) is 8. The molecule has 0 radical (unpaired) electrons. The zero-order valence-corrected chi connectivity index (χ0v) is 37.4. The summed E-state index contributed by atoms with van der Waals surface area (Å²) >= 11 is 0. The zero-order chi connectivity index (χ0) is 45.8. The number of rotatable bonds is 10. The van der Waals surface area contributed by atoms with Crippen molar-refractivity contribution in [3.63, 3.8) is 0 Å². The van der Waals surface area contributed by atoms with Gasteiger partial charge in [0.1, 0.15) is 0 Å². The first-order chi connectivity index (χ1) is 33.5. The normalized spacial score (nSPS) is 11.1. The number of hydrogen-bond donors (Lipinski definition) is 0. The lowest BCUT2D eigenvalue weighted by Crippen LogP contribution is -2.01. The molecule has 4 heterocycles. The van der Waals surface area contributed by atoms with Crippen LogP contribution in [0.4, 0.5) is 0 Å². The number of pyridine rings is 2. The first-order valence-electron chi connectivity index (χ1n) is 22.5. The first kappa shape index (κ1) is 41.6. The Morgan fingerprint density at radius 1 is 0.250 bits per heavy atom. The maximum absolute atomic E-state index is 5.16. The fourth-order valence-electron chi connectivity index (χ4n) is 8.55. The second-order valence-electron chi connectivity index (χ2n) is 16.5. The van der Waals surface area contributed by atoms with Gasteiger partial charge in [-0.05, 0) is 77.6 Å². The summed E-state index contributed by atoms with van der Waals surface area (Å²) in [6.45, 7) is 4.10. The van der Waals surface area contributed by atoms with E-state index in [0.29, 0.717) is 34.9 Å². The minimum absolute atomic E-state index is 0.573. The van der Waals surface area contributed by atoms with Crippen molar-refractivity contribution in [2.75, 3.05) is 0 Å². The highest BCUT2D eigenvalue weighted by molar-refractivity contribution is 5.93. The first-order valence-corrected chi connectivity index (χ1v) is 22.5. The van der Waals surface area contributed by atoms with E-state index in [1.807, 2.05) is 128 Å². The van der Waals surface area contributed by atoms with E-state index >= 15 is 0 Å². The minimum Gasteiger partial charge on any atom is -0.264 e. The summed E-state index contributed by atoms with van der Waals surface area (Å²) in [6.07, 6.45) is 3.65. The fraction of sp³-hybridized carbons (Fsp3) is 0.0333. The summed E-state index contributed by atoms with van der Waals surface area (Å²) in [5.74, 6) is 3.54. The van der Waals surface area contributed by atoms with E-state index in [1.165, 1.54) is 0 Å². The predicted molar refractivity (Wildman–Crippen MR) is 273 cm³/mol. The number of nitrogens with zero attached hydrogens (tertiary/aromatic N) is 8. The summed E-state index contributed by atoms with van der Waals surface area (Å²) in [7, 11) is 0. The van der Waals surface area contributed by atoms with Crippen molar-refractivity contribution in [3.8, 4) is 113 Å². The van der Waals surface area contributed by atoms with Gasteiger partial charge in [0.15, 0.2) is 34.9 Å². The lowest BCUT2D eigenvalue weighted by atomic mass is 9.88. The third kappa shape index (κ3) is 8.57. The summed E-state index contributed by atoms with van der Waals surface area (Å²) < 4.78 is 0. The molecule has 0 amide bonds. The maximum Gasteiger partial charge on any atom is 0.164 e. The molecule has 0 atom stereocenters. The molecule has 68 heavy (non-hydrogen) atoms. The smallest absolute Gasteiger partial charge is 0.164 e. The number of aromatic nitrogens is 8. The minimum atomic E-state index is 0.573. The van der Waals surface area contributed by atoms with Gasteiger partial charge in [-0.25, -0.2) is 29.9 Å². The van der Waals surface area contributed by atoms with Crippen LogP contribution in [0.15, 0.2) is 219 Å². The Hall–Kier alpha value is -9.14. The highest BCUT2D eigenvalue weighted by Crippen LogP contribution is 2.42. The Bertz CT molecular complexity index is 3520. The Balaban J connectivity index is 1.06. The molecular weight excluding hydrogens is 833 g/mol. The lowest BCUT2D eigenvalue weighted by molar-refractivity contribution is 1.07. The molecule has 11 rings (SSSR count). The SMILES string of the molecule is Cc1ccc(-c2ccc(-c3cccc(-c4nc(-c5ccccc5)nc(-c5cccc(-c6cccnc6)c5)n4)c3)cc2-c2ccccc2-c2nc(-c3ccccc3)nc(-c3ccccc3)n2)c(C)n1. The third-order valence-electron chi connectivity index (χ3n) is 11.9. The van der Waals surface area contributed by atoms with Crippen molar-refractivity contribution in [2.45, 2.75) is 13.8 Å². The molecule has 8 nitrogen and oxygen atoms in total. The van der Waals surface area contributed by atoms with Gasteiger partial charge in [-0.2, -0.15) is 0 Å². The second-order valence-corrected chi connectivity index (χ2v) is 16.5. The van der Waals surface area contributed by atoms with Crippen molar-refractivity contribution in [1.29, 1.82) is 0 Å².